The zero-order valence-electron chi connectivity index (χ0n) is 16.1. The van der Waals surface area contributed by atoms with Gasteiger partial charge >= 0.3 is 0 Å². The topological polar surface area (TPSA) is 42.6 Å². The van der Waals surface area contributed by atoms with Crippen molar-refractivity contribution in [3.8, 4) is 0 Å². The highest BCUT2D eigenvalue weighted by molar-refractivity contribution is 5.78. The first-order valence-electron chi connectivity index (χ1n) is 10.0. The molecule has 2 saturated heterocycles. The van der Waals surface area contributed by atoms with Crippen molar-refractivity contribution in [1.29, 1.82) is 0 Å². The molecule has 27 heavy (non-hydrogen) atoms. The minimum Gasteiger partial charge on any atom is -0.357 e. The van der Waals surface area contributed by atoms with E-state index in [1.54, 1.807) is 12.1 Å². The Bertz CT molecular complexity index is 844. The molecular weight excluding hydrogens is 343 g/mol. The molecule has 0 bridgehead atoms. The molecule has 1 atom stereocenters. The summed E-state index contributed by atoms with van der Waals surface area (Å²) in [6.45, 7) is 8.61. The fraction of sp³-hybridized carbons (Fsp3) is 0.571. The van der Waals surface area contributed by atoms with Gasteiger partial charge < -0.3 is 14.8 Å². The Labute approximate surface area is 159 Å². The van der Waals surface area contributed by atoms with Gasteiger partial charge in [0.25, 0.3) is 0 Å². The Morgan fingerprint density at radius 1 is 1.11 bits per heavy atom. The lowest BCUT2D eigenvalue weighted by Crippen LogP contribution is -2.49. The van der Waals surface area contributed by atoms with E-state index in [4.69, 9.17) is 0 Å². The maximum atomic E-state index is 13.3. The number of fused-ring (bicyclic) bond motifs is 1. The van der Waals surface area contributed by atoms with E-state index in [-0.39, 0.29) is 11.2 Å². The number of benzene rings is 1. The van der Waals surface area contributed by atoms with Crippen LogP contribution in [0.2, 0.25) is 0 Å². The zero-order chi connectivity index (χ0) is 18.8. The van der Waals surface area contributed by atoms with Crippen LogP contribution in [-0.4, -0.2) is 72.5 Å². The molecule has 146 valence electrons. The number of aromatic nitrogens is 1. The van der Waals surface area contributed by atoms with Gasteiger partial charge in [-0.25, -0.2) is 4.39 Å². The summed E-state index contributed by atoms with van der Waals surface area (Å²) in [6.07, 6.45) is 2.67. The van der Waals surface area contributed by atoms with Gasteiger partial charge in [0.05, 0.1) is 0 Å². The lowest BCUT2D eigenvalue weighted by Gasteiger charge is -2.38. The first-order valence-corrected chi connectivity index (χ1v) is 10.0. The number of piperidine rings is 1. The van der Waals surface area contributed by atoms with Gasteiger partial charge in [-0.05, 0) is 50.6 Å². The quantitative estimate of drug-likeness (QED) is 0.893. The Morgan fingerprint density at radius 3 is 2.67 bits per heavy atom. The first-order chi connectivity index (χ1) is 13.1. The van der Waals surface area contributed by atoms with Crippen molar-refractivity contribution < 1.29 is 4.39 Å². The number of nitrogens with zero attached hydrogens (tertiary/aromatic N) is 3. The fourth-order valence-electron chi connectivity index (χ4n) is 4.52. The minimum atomic E-state index is -0.374. The van der Waals surface area contributed by atoms with Crippen LogP contribution in [0, 0.1) is 11.7 Å². The second kappa shape index (κ2) is 8.09. The molecule has 2 aliphatic rings. The summed E-state index contributed by atoms with van der Waals surface area (Å²) in [7, 11) is 2.23. The van der Waals surface area contributed by atoms with Gasteiger partial charge in [0.2, 0.25) is 0 Å². The highest BCUT2D eigenvalue weighted by Crippen LogP contribution is 2.18. The molecule has 2 aliphatic heterocycles. The third kappa shape index (κ3) is 4.57. The molecule has 3 heterocycles. The summed E-state index contributed by atoms with van der Waals surface area (Å²) in [5, 5.41) is 0.418. The third-order valence-electron chi connectivity index (χ3n) is 5.94. The van der Waals surface area contributed by atoms with Crippen LogP contribution in [0.15, 0.2) is 29.1 Å². The van der Waals surface area contributed by atoms with Gasteiger partial charge in [0, 0.05) is 68.5 Å². The highest BCUT2D eigenvalue weighted by atomic mass is 19.1. The second-order valence-corrected chi connectivity index (χ2v) is 8.20. The van der Waals surface area contributed by atoms with Crippen LogP contribution in [0.3, 0.4) is 0 Å². The molecule has 1 aromatic heterocycles. The molecule has 2 aromatic rings. The molecule has 0 spiro atoms. The number of aromatic amines is 1. The third-order valence-corrected chi connectivity index (χ3v) is 5.94. The van der Waals surface area contributed by atoms with Crippen LogP contribution in [0.5, 0.6) is 0 Å². The molecule has 5 nitrogen and oxygen atoms in total. The van der Waals surface area contributed by atoms with E-state index in [1.165, 1.54) is 44.6 Å². The zero-order valence-corrected chi connectivity index (χ0v) is 16.1. The Balaban J connectivity index is 1.33. The number of hydrogen-bond donors (Lipinski definition) is 1. The normalized spacial score (nSPS) is 23.1. The van der Waals surface area contributed by atoms with Gasteiger partial charge in [-0.3, -0.25) is 9.69 Å². The smallest absolute Gasteiger partial charge is 0.189 e. The molecular formula is C21H29FN4O. The molecule has 1 aromatic carbocycles. The van der Waals surface area contributed by atoms with Crippen LogP contribution in [0.4, 0.5) is 4.39 Å². The average molecular weight is 372 g/mol. The van der Waals surface area contributed by atoms with Crippen molar-refractivity contribution in [2.24, 2.45) is 5.92 Å². The number of hydrogen-bond acceptors (Lipinski definition) is 4. The van der Waals surface area contributed by atoms with Gasteiger partial charge in [0.1, 0.15) is 5.82 Å². The molecule has 6 heteroatoms. The number of likely N-dealkylation sites (tertiary alicyclic amines) is 1. The first kappa shape index (κ1) is 18.6. The van der Waals surface area contributed by atoms with E-state index in [0.29, 0.717) is 10.9 Å². The predicted octanol–water partition coefficient (Wildman–Crippen LogP) is 2.13. The summed E-state index contributed by atoms with van der Waals surface area (Å²) in [6, 6.07) is 5.96. The molecule has 0 amide bonds. The van der Waals surface area contributed by atoms with E-state index >= 15 is 0 Å². The summed E-state index contributed by atoms with van der Waals surface area (Å²) in [5.74, 6) is 0.425. The molecule has 1 N–H and O–H groups in total. The maximum Gasteiger partial charge on any atom is 0.189 e. The van der Waals surface area contributed by atoms with E-state index in [0.717, 1.165) is 44.3 Å². The fourth-order valence-corrected chi connectivity index (χ4v) is 4.52. The monoisotopic (exact) mass is 372 g/mol. The van der Waals surface area contributed by atoms with E-state index in [1.807, 2.05) is 0 Å². The molecule has 4 rings (SSSR count). The second-order valence-electron chi connectivity index (χ2n) is 8.20. The lowest BCUT2D eigenvalue weighted by molar-refractivity contribution is 0.0924. The molecule has 0 saturated carbocycles. The van der Waals surface area contributed by atoms with Crippen LogP contribution >= 0.6 is 0 Å². The highest BCUT2D eigenvalue weighted by Gasteiger charge is 2.23. The Hall–Kier alpha value is -1.76. The van der Waals surface area contributed by atoms with Gasteiger partial charge in [-0.1, -0.05) is 0 Å². The minimum absolute atomic E-state index is 0.113. The lowest BCUT2D eigenvalue weighted by atomic mass is 9.97. The van der Waals surface area contributed by atoms with Crippen molar-refractivity contribution in [3.05, 3.63) is 46.0 Å². The van der Waals surface area contributed by atoms with Crippen LogP contribution in [0.1, 0.15) is 18.5 Å². The van der Waals surface area contributed by atoms with Gasteiger partial charge in [0.15, 0.2) is 5.43 Å². The SMILES string of the molecule is CN1CCCC(CN2CCN(Cc3cc(=O)c4cc(F)ccc4[nH]3)CC2)C1. The molecule has 1 unspecified atom stereocenters. The number of rotatable bonds is 4. The molecule has 2 fully saturated rings. The summed E-state index contributed by atoms with van der Waals surface area (Å²) in [4.78, 5) is 23.0. The van der Waals surface area contributed by atoms with Crippen molar-refractivity contribution in [2.45, 2.75) is 19.4 Å². The van der Waals surface area contributed by atoms with Crippen LogP contribution in [-0.2, 0) is 6.54 Å². The summed E-state index contributed by atoms with van der Waals surface area (Å²) < 4.78 is 13.3. The number of pyridine rings is 1. The Kier molecular flexibility index (Phi) is 5.57. The van der Waals surface area contributed by atoms with Crippen molar-refractivity contribution in [3.63, 3.8) is 0 Å². The summed E-state index contributed by atoms with van der Waals surface area (Å²) in [5.41, 5.74) is 1.50. The van der Waals surface area contributed by atoms with E-state index < -0.39 is 0 Å². The van der Waals surface area contributed by atoms with Crippen molar-refractivity contribution >= 4 is 10.9 Å². The van der Waals surface area contributed by atoms with Crippen molar-refractivity contribution in [2.75, 3.05) is 52.9 Å². The summed E-state index contributed by atoms with van der Waals surface area (Å²) >= 11 is 0. The van der Waals surface area contributed by atoms with Crippen LogP contribution in [0.25, 0.3) is 10.9 Å². The number of H-pyrrole nitrogens is 1. The Morgan fingerprint density at radius 2 is 1.89 bits per heavy atom. The predicted molar refractivity (Wildman–Crippen MR) is 106 cm³/mol. The van der Waals surface area contributed by atoms with E-state index in [2.05, 4.69) is 26.7 Å². The van der Waals surface area contributed by atoms with Gasteiger partial charge in [-0.2, -0.15) is 0 Å². The van der Waals surface area contributed by atoms with Crippen LogP contribution < -0.4 is 5.43 Å². The standard InChI is InChI=1S/C21H29FN4O/c1-24-6-2-3-16(13-24)14-25-7-9-26(10-8-25)15-18-12-21(27)19-11-17(22)4-5-20(19)23-18/h4-5,11-12,16H,2-3,6-10,13-15H2,1H3,(H,23,27). The number of halogens is 1. The number of piperazine rings is 1. The van der Waals surface area contributed by atoms with Crippen molar-refractivity contribution in [1.82, 2.24) is 19.7 Å². The number of nitrogens with one attached hydrogen (secondary N) is 1. The largest absolute Gasteiger partial charge is 0.357 e. The molecule has 0 aliphatic carbocycles. The van der Waals surface area contributed by atoms with E-state index in [9.17, 15) is 9.18 Å². The molecule has 0 radical (unpaired) electrons. The van der Waals surface area contributed by atoms with Gasteiger partial charge in [-0.15, -0.1) is 0 Å². The average Bonchev–Trinajstić information content (AvgIpc) is 2.64. The maximum absolute atomic E-state index is 13.3.